The predicted molar refractivity (Wildman–Crippen MR) is 57.4 cm³/mol. The van der Waals surface area contributed by atoms with Gasteiger partial charge in [-0.2, -0.15) is 0 Å². The first-order valence-electron chi connectivity index (χ1n) is 5.30. The van der Waals surface area contributed by atoms with Gasteiger partial charge >= 0.3 is 0 Å². The normalized spacial score (nSPS) is 15.9. The average molecular weight is 197 g/mol. The van der Waals surface area contributed by atoms with Crippen LogP contribution in [0.25, 0.3) is 6.08 Å². The van der Waals surface area contributed by atoms with Crippen molar-refractivity contribution in [3.8, 4) is 12.0 Å². The van der Waals surface area contributed by atoms with Gasteiger partial charge in [-0.3, -0.25) is 0 Å². The van der Waals surface area contributed by atoms with Gasteiger partial charge in [-0.15, -0.1) is 5.26 Å². The predicted octanol–water partition coefficient (Wildman–Crippen LogP) is 2.60. The lowest BCUT2D eigenvalue weighted by Crippen LogP contribution is -1.96. The van der Waals surface area contributed by atoms with Crippen LogP contribution in [-0.4, -0.2) is 0 Å². The van der Waals surface area contributed by atoms with Crippen molar-refractivity contribution in [3.63, 3.8) is 0 Å². The summed E-state index contributed by atoms with van der Waals surface area (Å²) < 4.78 is 5.15. The minimum atomic E-state index is 0.816. The van der Waals surface area contributed by atoms with Crippen molar-refractivity contribution in [3.05, 3.63) is 34.4 Å². The number of nitriles is 1. The van der Waals surface area contributed by atoms with E-state index in [2.05, 4.69) is 18.2 Å². The van der Waals surface area contributed by atoms with Crippen LogP contribution in [0.2, 0.25) is 0 Å². The molecule has 0 amide bonds. The Morgan fingerprint density at radius 2 is 2.20 bits per heavy atom. The third kappa shape index (κ3) is 1.16. The summed E-state index contributed by atoms with van der Waals surface area (Å²) in [5.41, 5.74) is 5.06. The summed E-state index contributed by atoms with van der Waals surface area (Å²) >= 11 is 0. The van der Waals surface area contributed by atoms with Crippen molar-refractivity contribution in [2.75, 3.05) is 0 Å². The molecule has 2 nitrogen and oxygen atoms in total. The van der Waals surface area contributed by atoms with Gasteiger partial charge in [0.05, 0.1) is 0 Å². The van der Waals surface area contributed by atoms with E-state index in [9.17, 15) is 0 Å². The van der Waals surface area contributed by atoms with Gasteiger partial charge < -0.3 is 4.74 Å². The Balaban J connectivity index is 2.24. The molecule has 0 aromatic heterocycles. The fourth-order valence-electron chi connectivity index (χ4n) is 2.60. The highest BCUT2D eigenvalue weighted by Gasteiger charge is 2.22. The Hall–Kier alpha value is -1.75. The number of hydrogen-bond acceptors (Lipinski definition) is 2. The molecule has 0 saturated carbocycles. The lowest BCUT2D eigenvalue weighted by molar-refractivity contribution is 0.499. The van der Waals surface area contributed by atoms with E-state index in [0.717, 1.165) is 30.6 Å². The lowest BCUT2D eigenvalue weighted by atomic mass is 10.00. The van der Waals surface area contributed by atoms with E-state index in [-0.39, 0.29) is 0 Å². The maximum atomic E-state index is 8.69. The summed E-state index contributed by atoms with van der Waals surface area (Å²) in [6, 6.07) is 2.28. The van der Waals surface area contributed by atoms with E-state index in [1.54, 1.807) is 0 Å². The molecule has 3 rings (SSSR count). The second kappa shape index (κ2) is 3.13. The van der Waals surface area contributed by atoms with Crippen molar-refractivity contribution in [2.24, 2.45) is 0 Å². The van der Waals surface area contributed by atoms with Gasteiger partial charge in [0.2, 0.25) is 0 Å². The highest BCUT2D eigenvalue weighted by molar-refractivity contribution is 5.70. The molecule has 1 aromatic rings. The van der Waals surface area contributed by atoms with E-state index >= 15 is 0 Å². The van der Waals surface area contributed by atoms with Crippen LogP contribution in [0.1, 0.15) is 28.7 Å². The molecule has 1 aromatic carbocycles. The molecule has 2 aliphatic carbocycles. The highest BCUT2D eigenvalue weighted by Crippen LogP contribution is 2.39. The smallest absolute Gasteiger partial charge is 0.292 e. The second-order valence-electron chi connectivity index (χ2n) is 4.07. The Morgan fingerprint density at radius 1 is 1.27 bits per heavy atom. The van der Waals surface area contributed by atoms with Crippen molar-refractivity contribution in [1.82, 2.24) is 0 Å². The van der Waals surface area contributed by atoms with Crippen LogP contribution >= 0.6 is 0 Å². The first-order valence-corrected chi connectivity index (χ1v) is 5.30. The molecule has 2 aliphatic rings. The van der Waals surface area contributed by atoms with Gasteiger partial charge in [0, 0.05) is 5.56 Å². The van der Waals surface area contributed by atoms with E-state index in [1.807, 2.05) is 6.26 Å². The van der Waals surface area contributed by atoms with Crippen LogP contribution in [0.4, 0.5) is 0 Å². The minimum absolute atomic E-state index is 0.816. The monoisotopic (exact) mass is 197 g/mol. The quantitative estimate of drug-likeness (QED) is 0.648. The molecule has 0 fully saturated rings. The molecule has 2 heteroatoms. The third-order valence-corrected chi connectivity index (χ3v) is 3.24. The van der Waals surface area contributed by atoms with Gasteiger partial charge in [-0.1, -0.05) is 18.2 Å². The SMILES string of the molecule is N#COc1c2c(cc3c1CCC3)CC=C2. The van der Waals surface area contributed by atoms with Crippen molar-refractivity contribution in [1.29, 1.82) is 5.26 Å². The van der Waals surface area contributed by atoms with Gasteiger partial charge in [-0.25, -0.2) is 0 Å². The molecule has 0 bridgehead atoms. The number of allylic oxidation sites excluding steroid dienone is 1. The fraction of sp³-hybridized carbons (Fsp3) is 0.308. The number of fused-ring (bicyclic) bond motifs is 2. The number of hydrogen-bond donors (Lipinski definition) is 0. The molecule has 0 spiro atoms. The summed E-state index contributed by atoms with van der Waals surface area (Å²) in [4.78, 5) is 0. The van der Waals surface area contributed by atoms with Gasteiger partial charge in [-0.05, 0) is 42.4 Å². The van der Waals surface area contributed by atoms with Crippen molar-refractivity contribution in [2.45, 2.75) is 25.7 Å². The van der Waals surface area contributed by atoms with Crippen LogP contribution in [0.5, 0.6) is 5.75 Å². The molecule has 0 saturated heterocycles. The van der Waals surface area contributed by atoms with Crippen LogP contribution in [-0.2, 0) is 19.3 Å². The summed E-state index contributed by atoms with van der Waals surface area (Å²) in [5, 5.41) is 8.69. The molecular weight excluding hydrogens is 186 g/mol. The van der Waals surface area contributed by atoms with E-state index in [0.29, 0.717) is 0 Å². The van der Waals surface area contributed by atoms with Gasteiger partial charge in [0.25, 0.3) is 6.26 Å². The lowest BCUT2D eigenvalue weighted by Gasteiger charge is -2.10. The number of rotatable bonds is 1. The van der Waals surface area contributed by atoms with Gasteiger partial charge in [0.1, 0.15) is 0 Å². The molecule has 0 radical (unpaired) electrons. The molecule has 0 N–H and O–H groups in total. The molecule has 0 aliphatic heterocycles. The topological polar surface area (TPSA) is 33.0 Å². The average Bonchev–Trinajstić information content (AvgIpc) is 2.84. The maximum Gasteiger partial charge on any atom is 0.292 e. The fourth-order valence-corrected chi connectivity index (χ4v) is 2.60. The maximum absolute atomic E-state index is 8.69. The molecular formula is C13H11NO. The third-order valence-electron chi connectivity index (χ3n) is 3.24. The van der Waals surface area contributed by atoms with Gasteiger partial charge in [0.15, 0.2) is 5.75 Å². The van der Waals surface area contributed by atoms with Crippen molar-refractivity contribution < 1.29 is 4.74 Å². The number of benzene rings is 1. The van der Waals surface area contributed by atoms with Crippen LogP contribution < -0.4 is 4.74 Å². The highest BCUT2D eigenvalue weighted by atomic mass is 16.5. The molecule has 0 unspecified atom stereocenters. The standard InChI is InChI=1S/C13H11NO/c14-8-15-13-11-5-1-3-9(11)7-10-4-2-6-12(10)13/h1,5,7H,2-4,6H2. The summed E-state index contributed by atoms with van der Waals surface area (Å²) in [6.45, 7) is 0. The number of ether oxygens (including phenoxy) is 1. The first-order chi connectivity index (χ1) is 7.40. The largest absolute Gasteiger partial charge is 0.387 e. The van der Waals surface area contributed by atoms with Crippen LogP contribution in [0.3, 0.4) is 0 Å². The number of aryl methyl sites for hydroxylation is 1. The Kier molecular flexibility index (Phi) is 1.78. The molecule has 74 valence electrons. The Morgan fingerprint density at radius 3 is 3.07 bits per heavy atom. The minimum Gasteiger partial charge on any atom is -0.387 e. The summed E-state index contributed by atoms with van der Waals surface area (Å²) in [6.07, 6.45) is 10.3. The Labute approximate surface area is 88.8 Å². The zero-order valence-corrected chi connectivity index (χ0v) is 8.42. The van der Waals surface area contributed by atoms with Crippen LogP contribution in [0, 0.1) is 11.5 Å². The first kappa shape index (κ1) is 8.55. The molecule has 0 heterocycles. The van der Waals surface area contributed by atoms with E-state index < -0.39 is 0 Å². The Bertz CT molecular complexity index is 493. The van der Waals surface area contributed by atoms with Crippen LogP contribution in [0.15, 0.2) is 12.1 Å². The molecule has 15 heavy (non-hydrogen) atoms. The number of nitrogens with zero attached hydrogens (tertiary/aromatic N) is 1. The van der Waals surface area contributed by atoms with Crippen molar-refractivity contribution >= 4 is 6.08 Å². The zero-order chi connectivity index (χ0) is 10.3. The summed E-state index contributed by atoms with van der Waals surface area (Å²) in [5.74, 6) is 0.816. The zero-order valence-electron chi connectivity index (χ0n) is 8.42. The van der Waals surface area contributed by atoms with E-state index in [4.69, 9.17) is 10.00 Å². The van der Waals surface area contributed by atoms with E-state index in [1.165, 1.54) is 23.1 Å². The second-order valence-corrected chi connectivity index (χ2v) is 4.07. The summed E-state index contributed by atoms with van der Waals surface area (Å²) in [7, 11) is 0. The molecule has 0 atom stereocenters.